The quantitative estimate of drug-likeness (QED) is 0.290. The maximum Gasteiger partial charge on any atom is 0.338 e. The van der Waals surface area contributed by atoms with Gasteiger partial charge >= 0.3 is 5.97 Å². The molecule has 0 aliphatic rings. The number of amides is 1. The van der Waals surface area contributed by atoms with E-state index in [0.717, 1.165) is 23.4 Å². The molecule has 0 saturated carbocycles. The molecule has 0 aliphatic carbocycles. The van der Waals surface area contributed by atoms with E-state index < -0.39 is 5.97 Å². The van der Waals surface area contributed by atoms with Crippen molar-refractivity contribution in [2.24, 2.45) is 5.92 Å². The van der Waals surface area contributed by atoms with E-state index in [1.54, 1.807) is 23.1 Å². The van der Waals surface area contributed by atoms with E-state index in [-0.39, 0.29) is 17.5 Å². The predicted molar refractivity (Wildman–Crippen MR) is 147 cm³/mol. The van der Waals surface area contributed by atoms with Gasteiger partial charge in [0.25, 0.3) is 5.91 Å². The maximum absolute atomic E-state index is 13.8. The molecule has 0 aliphatic heterocycles. The number of benzene rings is 2. The predicted octanol–water partition coefficient (Wildman–Crippen LogP) is 5.69. The van der Waals surface area contributed by atoms with Crippen LogP contribution < -0.4 is 9.47 Å². The van der Waals surface area contributed by atoms with Gasteiger partial charge in [0.1, 0.15) is 5.82 Å². The molecule has 38 heavy (non-hydrogen) atoms. The summed E-state index contributed by atoms with van der Waals surface area (Å²) in [5.74, 6) is 1.25. The average Bonchev–Trinajstić information content (AvgIpc) is 3.17. The number of ether oxygens (including phenoxy) is 3. The number of methoxy groups -OCH3 is 3. The number of imidazole rings is 1. The van der Waals surface area contributed by atoms with Gasteiger partial charge in [0.15, 0.2) is 11.5 Å². The minimum absolute atomic E-state index is 0.203. The third-order valence-electron chi connectivity index (χ3n) is 6.60. The molecule has 2 aromatic carbocycles. The summed E-state index contributed by atoms with van der Waals surface area (Å²) in [6, 6.07) is 10.7. The Kier molecular flexibility index (Phi) is 9.80. The fraction of sp³-hybridized carbons (Fsp3) is 0.414. The molecule has 0 saturated heterocycles. The van der Waals surface area contributed by atoms with Gasteiger partial charge in [0.05, 0.1) is 49.7 Å². The second-order valence-corrected chi connectivity index (χ2v) is 9.88. The fourth-order valence-corrected chi connectivity index (χ4v) is 4.57. The van der Waals surface area contributed by atoms with Crippen molar-refractivity contribution in [1.29, 1.82) is 0 Å². The van der Waals surface area contributed by atoms with Crippen LogP contribution in [-0.4, -0.2) is 54.2 Å². The minimum Gasteiger partial charge on any atom is -0.493 e. The highest BCUT2D eigenvalue weighted by molar-refractivity contribution is 6.35. The molecular formula is C29H36ClN3O5. The molecule has 0 fully saturated rings. The van der Waals surface area contributed by atoms with E-state index in [0.29, 0.717) is 47.5 Å². The SMILES string of the molecule is COC(=O)c1ccccc1Cn1c(CN(CCC(C)C)C(=O)c2ccc(OC)c(OC)c2Cl)nc(C)c1C. The van der Waals surface area contributed by atoms with E-state index in [2.05, 4.69) is 13.8 Å². The highest BCUT2D eigenvalue weighted by Gasteiger charge is 2.25. The first-order chi connectivity index (χ1) is 18.1. The Hall–Kier alpha value is -3.52. The zero-order valence-corrected chi connectivity index (χ0v) is 23.9. The van der Waals surface area contributed by atoms with Crippen molar-refractivity contribution < 1.29 is 23.8 Å². The number of nitrogens with zero attached hydrogens (tertiary/aromatic N) is 3. The first-order valence-electron chi connectivity index (χ1n) is 12.5. The summed E-state index contributed by atoms with van der Waals surface area (Å²) in [5.41, 5.74) is 3.45. The van der Waals surface area contributed by atoms with Gasteiger partial charge in [-0.05, 0) is 49.9 Å². The van der Waals surface area contributed by atoms with Gasteiger partial charge in [-0.3, -0.25) is 4.79 Å². The van der Waals surface area contributed by atoms with Crippen LogP contribution in [0.1, 0.15) is 63.8 Å². The number of hydrogen-bond acceptors (Lipinski definition) is 6. The van der Waals surface area contributed by atoms with Gasteiger partial charge < -0.3 is 23.7 Å². The Morgan fingerprint density at radius 2 is 1.74 bits per heavy atom. The Balaban J connectivity index is 2.01. The normalized spacial score (nSPS) is 11.0. The van der Waals surface area contributed by atoms with Gasteiger partial charge in [-0.15, -0.1) is 0 Å². The molecule has 1 aromatic heterocycles. The molecule has 1 heterocycles. The van der Waals surface area contributed by atoms with Crippen molar-refractivity contribution >= 4 is 23.5 Å². The topological polar surface area (TPSA) is 82.9 Å². The molecule has 3 aromatic rings. The molecular weight excluding hydrogens is 506 g/mol. The van der Waals surface area contributed by atoms with Gasteiger partial charge in [-0.2, -0.15) is 0 Å². The highest BCUT2D eigenvalue weighted by Crippen LogP contribution is 2.38. The smallest absolute Gasteiger partial charge is 0.338 e. The molecule has 9 heteroatoms. The molecule has 8 nitrogen and oxygen atoms in total. The van der Waals surface area contributed by atoms with Crippen LogP contribution in [-0.2, 0) is 17.8 Å². The van der Waals surface area contributed by atoms with E-state index in [1.165, 1.54) is 21.3 Å². The van der Waals surface area contributed by atoms with Crippen LogP contribution in [0.4, 0.5) is 0 Å². The lowest BCUT2D eigenvalue weighted by atomic mass is 10.1. The minimum atomic E-state index is -0.395. The molecule has 0 spiro atoms. The summed E-state index contributed by atoms with van der Waals surface area (Å²) in [6.45, 7) is 9.36. The summed E-state index contributed by atoms with van der Waals surface area (Å²) in [6.07, 6.45) is 0.806. The number of esters is 1. The average molecular weight is 542 g/mol. The Morgan fingerprint density at radius 1 is 1.03 bits per heavy atom. The molecule has 1 amide bonds. The monoisotopic (exact) mass is 541 g/mol. The zero-order chi connectivity index (χ0) is 28.0. The van der Waals surface area contributed by atoms with Gasteiger partial charge in [-0.25, -0.2) is 9.78 Å². The van der Waals surface area contributed by atoms with Crippen LogP contribution in [0.2, 0.25) is 5.02 Å². The lowest BCUT2D eigenvalue weighted by Crippen LogP contribution is -2.33. The van der Waals surface area contributed by atoms with E-state index >= 15 is 0 Å². The lowest BCUT2D eigenvalue weighted by molar-refractivity contribution is 0.0599. The van der Waals surface area contributed by atoms with Gasteiger partial charge in [0.2, 0.25) is 0 Å². The third-order valence-corrected chi connectivity index (χ3v) is 6.97. The zero-order valence-electron chi connectivity index (χ0n) is 23.1. The summed E-state index contributed by atoms with van der Waals surface area (Å²) in [5, 5.41) is 0.203. The fourth-order valence-electron chi connectivity index (χ4n) is 4.25. The maximum atomic E-state index is 13.8. The number of carbonyl (C=O) groups is 2. The van der Waals surface area contributed by atoms with Crippen molar-refractivity contribution in [3.05, 3.63) is 75.3 Å². The molecule has 3 rings (SSSR count). The van der Waals surface area contributed by atoms with Crippen LogP contribution >= 0.6 is 11.6 Å². The van der Waals surface area contributed by atoms with Crippen LogP contribution in [0, 0.1) is 19.8 Å². The first kappa shape index (κ1) is 29.0. The van der Waals surface area contributed by atoms with Gasteiger partial charge in [-0.1, -0.05) is 43.6 Å². The number of rotatable bonds is 11. The van der Waals surface area contributed by atoms with Crippen molar-refractivity contribution in [3.8, 4) is 11.5 Å². The first-order valence-corrected chi connectivity index (χ1v) is 12.9. The van der Waals surface area contributed by atoms with E-state index in [1.807, 2.05) is 36.6 Å². The molecule has 0 N–H and O–H groups in total. The molecule has 204 valence electrons. The highest BCUT2D eigenvalue weighted by atomic mass is 35.5. The van der Waals surface area contributed by atoms with Gasteiger partial charge in [0, 0.05) is 18.8 Å². The number of carbonyl (C=O) groups excluding carboxylic acids is 2. The van der Waals surface area contributed by atoms with Crippen molar-refractivity contribution in [2.45, 2.75) is 47.2 Å². The Morgan fingerprint density at radius 3 is 2.37 bits per heavy atom. The standard InChI is InChI=1S/C29H36ClN3O5/c1-18(2)14-15-32(28(34)23-12-13-24(36-5)27(37-6)26(23)30)17-25-31-19(3)20(4)33(25)16-21-10-8-9-11-22(21)29(35)38-7/h8-13,18H,14-17H2,1-7H3. The van der Waals surface area contributed by atoms with Crippen LogP contribution in [0.5, 0.6) is 11.5 Å². The number of hydrogen-bond donors (Lipinski definition) is 0. The number of aromatic nitrogens is 2. The largest absolute Gasteiger partial charge is 0.493 e. The number of halogens is 1. The summed E-state index contributed by atoms with van der Waals surface area (Å²) < 4.78 is 17.8. The third kappa shape index (κ3) is 6.30. The summed E-state index contributed by atoms with van der Waals surface area (Å²) in [7, 11) is 4.38. The Labute approximate surface area is 229 Å². The van der Waals surface area contributed by atoms with Crippen LogP contribution in [0.25, 0.3) is 0 Å². The number of aryl methyl sites for hydroxylation is 1. The van der Waals surface area contributed by atoms with Crippen LogP contribution in [0.3, 0.4) is 0 Å². The molecule has 0 bridgehead atoms. The summed E-state index contributed by atoms with van der Waals surface area (Å²) >= 11 is 6.61. The van der Waals surface area contributed by atoms with Crippen molar-refractivity contribution in [3.63, 3.8) is 0 Å². The van der Waals surface area contributed by atoms with E-state index in [9.17, 15) is 9.59 Å². The molecule has 0 radical (unpaired) electrons. The molecule has 0 atom stereocenters. The van der Waals surface area contributed by atoms with Crippen molar-refractivity contribution in [1.82, 2.24) is 14.5 Å². The second-order valence-electron chi connectivity index (χ2n) is 9.51. The summed E-state index contributed by atoms with van der Waals surface area (Å²) in [4.78, 5) is 32.8. The van der Waals surface area contributed by atoms with E-state index in [4.69, 9.17) is 30.8 Å². The lowest BCUT2D eigenvalue weighted by Gasteiger charge is -2.25. The van der Waals surface area contributed by atoms with Crippen LogP contribution in [0.15, 0.2) is 36.4 Å². The molecule has 0 unspecified atom stereocenters. The van der Waals surface area contributed by atoms with Crippen molar-refractivity contribution in [2.75, 3.05) is 27.9 Å². The second kappa shape index (κ2) is 12.8. The Bertz CT molecular complexity index is 1300.